The number of carbonyl (C=O) groups is 1. The molecule has 1 atom stereocenters. The molecule has 1 unspecified atom stereocenters. The van der Waals surface area contributed by atoms with Gasteiger partial charge >= 0.3 is 0 Å². The Morgan fingerprint density at radius 3 is 3.00 bits per heavy atom. The molecule has 0 radical (unpaired) electrons. The number of benzene rings is 1. The number of carbonyl (C=O) groups excluding carboxylic acids is 1. The maximum atomic E-state index is 11.3. The first-order valence-corrected chi connectivity index (χ1v) is 6.61. The molecular weight excluding hydrogens is 236 g/mol. The normalized spacial score (nSPS) is 12.2. The minimum Gasteiger partial charge on any atom is -0.396 e. The molecule has 1 rings (SSSR count). The van der Waals surface area contributed by atoms with Gasteiger partial charge in [-0.05, 0) is 29.4 Å². The number of thioether (sulfide) groups is 1. The van der Waals surface area contributed by atoms with Gasteiger partial charge in [-0.25, -0.2) is 5.84 Å². The fraction of sp³-hybridized carbons (Fsp3) is 0.417. The molecule has 0 aliphatic rings. The number of aliphatic hydroxyl groups is 1. The van der Waals surface area contributed by atoms with E-state index < -0.39 is 0 Å². The number of nitrogen functional groups attached to an aromatic ring is 1. The van der Waals surface area contributed by atoms with Gasteiger partial charge in [0.1, 0.15) is 0 Å². The molecule has 0 heterocycles. The van der Waals surface area contributed by atoms with Crippen molar-refractivity contribution in [1.29, 1.82) is 0 Å². The number of aliphatic hydroxyl groups excluding tert-OH is 1. The van der Waals surface area contributed by atoms with Gasteiger partial charge in [0.2, 0.25) is 0 Å². The maximum Gasteiger partial charge on any atom is 0.265 e. The molecule has 94 valence electrons. The van der Waals surface area contributed by atoms with Crippen LogP contribution in [-0.4, -0.2) is 23.4 Å². The Hall–Kier alpha value is -1.04. The molecule has 1 amide bonds. The summed E-state index contributed by atoms with van der Waals surface area (Å²) in [6, 6.07) is 7.38. The lowest BCUT2D eigenvalue weighted by Gasteiger charge is -2.08. The summed E-state index contributed by atoms with van der Waals surface area (Å²) in [5.74, 6) is 6.84. The van der Waals surface area contributed by atoms with Crippen molar-refractivity contribution >= 4 is 17.7 Å². The van der Waals surface area contributed by atoms with E-state index in [0.717, 1.165) is 17.1 Å². The summed E-state index contributed by atoms with van der Waals surface area (Å²) in [7, 11) is 0. The summed E-state index contributed by atoms with van der Waals surface area (Å²) >= 11 is 1.74. The fourth-order valence-corrected chi connectivity index (χ4v) is 2.36. The van der Waals surface area contributed by atoms with Crippen LogP contribution in [0.15, 0.2) is 24.3 Å². The van der Waals surface area contributed by atoms with E-state index in [1.54, 1.807) is 17.8 Å². The van der Waals surface area contributed by atoms with E-state index in [-0.39, 0.29) is 12.5 Å². The van der Waals surface area contributed by atoms with E-state index >= 15 is 0 Å². The predicted molar refractivity (Wildman–Crippen MR) is 70.5 cm³/mol. The SMILES string of the molecule is CC(CO)CSCc1cccc(C(=O)NN)c1. The van der Waals surface area contributed by atoms with E-state index in [0.29, 0.717) is 11.5 Å². The summed E-state index contributed by atoms with van der Waals surface area (Å²) in [6.07, 6.45) is 0. The lowest BCUT2D eigenvalue weighted by Crippen LogP contribution is -2.29. The monoisotopic (exact) mass is 254 g/mol. The third kappa shape index (κ3) is 4.77. The van der Waals surface area contributed by atoms with Crippen molar-refractivity contribution in [2.45, 2.75) is 12.7 Å². The van der Waals surface area contributed by atoms with Crippen LogP contribution in [0.25, 0.3) is 0 Å². The second kappa shape index (κ2) is 7.32. The Bertz CT molecular complexity index is 371. The topological polar surface area (TPSA) is 75.3 Å². The molecule has 17 heavy (non-hydrogen) atoms. The molecule has 1 aromatic carbocycles. The summed E-state index contributed by atoms with van der Waals surface area (Å²) in [5, 5.41) is 8.90. The van der Waals surface area contributed by atoms with Crippen LogP contribution >= 0.6 is 11.8 Å². The first-order chi connectivity index (χ1) is 8.17. The quantitative estimate of drug-likeness (QED) is 0.404. The number of hydrogen-bond donors (Lipinski definition) is 3. The number of nitrogens with two attached hydrogens (primary N) is 1. The molecule has 0 saturated heterocycles. The summed E-state index contributed by atoms with van der Waals surface area (Å²) in [5.41, 5.74) is 3.77. The van der Waals surface area contributed by atoms with Crippen molar-refractivity contribution in [3.63, 3.8) is 0 Å². The van der Waals surface area contributed by atoms with Crippen molar-refractivity contribution in [3.8, 4) is 0 Å². The smallest absolute Gasteiger partial charge is 0.265 e. The van der Waals surface area contributed by atoms with Crippen molar-refractivity contribution in [3.05, 3.63) is 35.4 Å². The van der Waals surface area contributed by atoms with Gasteiger partial charge in [0.15, 0.2) is 0 Å². The Kier molecular flexibility index (Phi) is 6.04. The summed E-state index contributed by atoms with van der Waals surface area (Å²) in [4.78, 5) is 11.3. The first kappa shape index (κ1) is 14.0. The van der Waals surface area contributed by atoms with E-state index in [2.05, 4.69) is 5.43 Å². The lowest BCUT2D eigenvalue weighted by atomic mass is 10.1. The molecule has 0 aromatic heterocycles. The molecule has 5 heteroatoms. The number of hydrazine groups is 1. The number of rotatable bonds is 6. The van der Waals surface area contributed by atoms with Gasteiger partial charge in [-0.3, -0.25) is 10.2 Å². The highest BCUT2D eigenvalue weighted by atomic mass is 32.2. The minimum atomic E-state index is -0.277. The first-order valence-electron chi connectivity index (χ1n) is 5.46. The Labute approximate surface area is 106 Å². The fourth-order valence-electron chi connectivity index (χ4n) is 1.32. The lowest BCUT2D eigenvalue weighted by molar-refractivity contribution is 0.0953. The Balaban J connectivity index is 2.51. The average Bonchev–Trinajstić information content (AvgIpc) is 2.38. The number of nitrogens with one attached hydrogen (secondary N) is 1. The largest absolute Gasteiger partial charge is 0.396 e. The molecule has 1 aromatic rings. The van der Waals surface area contributed by atoms with Gasteiger partial charge in [0, 0.05) is 17.9 Å². The molecule has 4 N–H and O–H groups in total. The average molecular weight is 254 g/mol. The number of amides is 1. The maximum absolute atomic E-state index is 11.3. The molecule has 0 bridgehead atoms. The molecule has 0 spiro atoms. The van der Waals surface area contributed by atoms with Gasteiger partial charge in [0.25, 0.3) is 5.91 Å². The highest BCUT2D eigenvalue weighted by Gasteiger charge is 2.05. The highest BCUT2D eigenvalue weighted by molar-refractivity contribution is 7.98. The predicted octanol–water partition coefficient (Wildman–Crippen LogP) is 1.15. The Morgan fingerprint density at radius 2 is 2.35 bits per heavy atom. The van der Waals surface area contributed by atoms with E-state index in [1.165, 1.54) is 0 Å². The van der Waals surface area contributed by atoms with Crippen molar-refractivity contribution in [2.75, 3.05) is 12.4 Å². The van der Waals surface area contributed by atoms with E-state index in [9.17, 15) is 4.79 Å². The van der Waals surface area contributed by atoms with Crippen LogP contribution in [0.3, 0.4) is 0 Å². The standard InChI is InChI=1S/C12H18N2O2S/c1-9(6-15)7-17-8-10-3-2-4-11(5-10)12(16)14-13/h2-5,9,15H,6-8,13H2,1H3,(H,14,16). The zero-order valence-electron chi connectivity index (χ0n) is 9.85. The van der Waals surface area contributed by atoms with Crippen molar-refractivity contribution in [2.24, 2.45) is 11.8 Å². The van der Waals surface area contributed by atoms with Crippen molar-refractivity contribution < 1.29 is 9.90 Å². The van der Waals surface area contributed by atoms with Gasteiger partial charge in [0.05, 0.1) is 0 Å². The second-order valence-corrected chi connectivity index (χ2v) is 5.01. The minimum absolute atomic E-state index is 0.211. The third-order valence-electron chi connectivity index (χ3n) is 2.30. The van der Waals surface area contributed by atoms with Gasteiger partial charge in [-0.1, -0.05) is 19.1 Å². The summed E-state index contributed by atoms with van der Waals surface area (Å²) < 4.78 is 0. The van der Waals surface area contributed by atoms with Gasteiger partial charge < -0.3 is 5.11 Å². The zero-order valence-corrected chi connectivity index (χ0v) is 10.7. The molecule has 0 aliphatic carbocycles. The van der Waals surface area contributed by atoms with E-state index in [4.69, 9.17) is 10.9 Å². The zero-order chi connectivity index (χ0) is 12.7. The van der Waals surface area contributed by atoms with Crippen molar-refractivity contribution in [1.82, 2.24) is 5.43 Å². The molecule has 0 fully saturated rings. The Morgan fingerprint density at radius 1 is 1.59 bits per heavy atom. The highest BCUT2D eigenvalue weighted by Crippen LogP contribution is 2.16. The molecule has 0 saturated carbocycles. The molecular formula is C12H18N2O2S. The van der Waals surface area contributed by atoms with Crippen LogP contribution in [0.1, 0.15) is 22.8 Å². The molecule has 4 nitrogen and oxygen atoms in total. The van der Waals surface area contributed by atoms with Crippen LogP contribution in [0, 0.1) is 5.92 Å². The summed E-state index contributed by atoms with van der Waals surface area (Å²) in [6.45, 7) is 2.22. The van der Waals surface area contributed by atoms with Crippen LogP contribution in [-0.2, 0) is 5.75 Å². The molecule has 0 aliphatic heterocycles. The second-order valence-electron chi connectivity index (χ2n) is 3.98. The van der Waals surface area contributed by atoms with Gasteiger partial charge in [-0.2, -0.15) is 11.8 Å². The van der Waals surface area contributed by atoms with Gasteiger partial charge in [-0.15, -0.1) is 0 Å². The van der Waals surface area contributed by atoms with Crippen LogP contribution in [0.2, 0.25) is 0 Å². The van der Waals surface area contributed by atoms with Crippen LogP contribution in [0.4, 0.5) is 0 Å². The van der Waals surface area contributed by atoms with E-state index in [1.807, 2.05) is 25.1 Å². The third-order valence-corrected chi connectivity index (χ3v) is 3.65. The van der Waals surface area contributed by atoms with Crippen LogP contribution in [0.5, 0.6) is 0 Å². The number of hydrogen-bond acceptors (Lipinski definition) is 4. The van der Waals surface area contributed by atoms with Crippen LogP contribution < -0.4 is 11.3 Å².